The first kappa shape index (κ1) is 14.8. The largest absolute Gasteiger partial charge is 0.497 e. The Hall–Kier alpha value is -1.28. The number of benzene rings is 1. The van der Waals surface area contributed by atoms with Gasteiger partial charge in [0.2, 0.25) is 0 Å². The van der Waals surface area contributed by atoms with Gasteiger partial charge < -0.3 is 9.64 Å². The quantitative estimate of drug-likeness (QED) is 0.649. The molecule has 1 aromatic rings. The first-order valence-corrected chi connectivity index (χ1v) is 6.58. The van der Waals surface area contributed by atoms with Gasteiger partial charge in [0.05, 0.1) is 7.11 Å². The summed E-state index contributed by atoms with van der Waals surface area (Å²) >= 11 is 0. The van der Waals surface area contributed by atoms with Gasteiger partial charge in [-0.05, 0) is 50.0 Å². The highest BCUT2D eigenvalue weighted by atomic mass is 16.5. The van der Waals surface area contributed by atoms with Crippen molar-refractivity contribution in [3.8, 4) is 5.75 Å². The monoisotopic (exact) mass is 247 g/mol. The van der Waals surface area contributed by atoms with Gasteiger partial charge in [-0.3, -0.25) is 0 Å². The fourth-order valence-corrected chi connectivity index (χ4v) is 1.96. The van der Waals surface area contributed by atoms with E-state index < -0.39 is 0 Å². The third kappa shape index (κ3) is 5.37. The summed E-state index contributed by atoms with van der Waals surface area (Å²) in [4.78, 5) is 2.36. The van der Waals surface area contributed by atoms with Crippen molar-refractivity contribution in [2.24, 2.45) is 5.92 Å². The predicted molar refractivity (Wildman–Crippen MR) is 77.9 cm³/mol. The van der Waals surface area contributed by atoms with Crippen LogP contribution < -0.4 is 4.74 Å². The summed E-state index contributed by atoms with van der Waals surface area (Å²) in [6, 6.07) is 8.29. The lowest BCUT2D eigenvalue weighted by Crippen LogP contribution is -2.20. The molecule has 100 valence electrons. The Morgan fingerprint density at radius 2 is 2.00 bits per heavy atom. The molecule has 2 nitrogen and oxygen atoms in total. The Bertz CT molecular complexity index is 345. The number of rotatable bonds is 8. The molecule has 0 aliphatic heterocycles. The van der Waals surface area contributed by atoms with Crippen molar-refractivity contribution in [3.05, 3.63) is 42.5 Å². The molecule has 18 heavy (non-hydrogen) atoms. The zero-order chi connectivity index (χ0) is 13.4. The van der Waals surface area contributed by atoms with Gasteiger partial charge in [-0.25, -0.2) is 0 Å². The highest BCUT2D eigenvalue weighted by molar-refractivity contribution is 5.26. The molecule has 1 rings (SSSR count). The molecular weight excluding hydrogens is 222 g/mol. The van der Waals surface area contributed by atoms with Gasteiger partial charge >= 0.3 is 0 Å². The van der Waals surface area contributed by atoms with Crippen molar-refractivity contribution in [1.82, 2.24) is 4.90 Å². The lowest BCUT2D eigenvalue weighted by atomic mass is 10.0. The maximum Gasteiger partial charge on any atom is 0.118 e. The van der Waals surface area contributed by atoms with Crippen molar-refractivity contribution in [2.45, 2.75) is 26.3 Å². The fourth-order valence-electron chi connectivity index (χ4n) is 1.96. The molecule has 0 spiro atoms. The first-order chi connectivity index (χ1) is 8.65. The Morgan fingerprint density at radius 3 is 2.56 bits per heavy atom. The van der Waals surface area contributed by atoms with E-state index in [0.717, 1.165) is 31.2 Å². The number of nitrogens with zero attached hydrogens (tertiary/aromatic N) is 1. The Balaban J connectivity index is 2.34. The van der Waals surface area contributed by atoms with Gasteiger partial charge in [0, 0.05) is 6.54 Å². The van der Waals surface area contributed by atoms with Crippen LogP contribution in [0.5, 0.6) is 5.75 Å². The molecule has 0 saturated heterocycles. The van der Waals surface area contributed by atoms with Gasteiger partial charge in [0.25, 0.3) is 0 Å². The van der Waals surface area contributed by atoms with Crippen LogP contribution in [0.25, 0.3) is 0 Å². The minimum atomic E-state index is 0.723. The minimum absolute atomic E-state index is 0.723. The molecule has 0 aliphatic carbocycles. The minimum Gasteiger partial charge on any atom is -0.497 e. The molecule has 0 radical (unpaired) electrons. The normalized spacial score (nSPS) is 12.4. The number of allylic oxidation sites excluding steroid dienone is 1. The summed E-state index contributed by atoms with van der Waals surface area (Å²) in [6.07, 6.45) is 4.34. The SMILES string of the molecule is C=CCC(C)CCN(C)Cc1ccc(OC)cc1. The van der Waals surface area contributed by atoms with Crippen molar-refractivity contribution in [2.75, 3.05) is 20.7 Å². The van der Waals surface area contributed by atoms with Crippen LogP contribution in [0.3, 0.4) is 0 Å². The molecule has 0 aromatic heterocycles. The van der Waals surface area contributed by atoms with Crippen LogP contribution in [0, 0.1) is 5.92 Å². The van der Waals surface area contributed by atoms with Gasteiger partial charge in [-0.15, -0.1) is 6.58 Å². The van der Waals surface area contributed by atoms with Crippen LogP contribution in [0.15, 0.2) is 36.9 Å². The Morgan fingerprint density at radius 1 is 1.33 bits per heavy atom. The third-order valence-corrected chi connectivity index (χ3v) is 3.18. The fraction of sp³-hybridized carbons (Fsp3) is 0.500. The lowest BCUT2D eigenvalue weighted by Gasteiger charge is -2.19. The van der Waals surface area contributed by atoms with Crippen LogP contribution in [0.1, 0.15) is 25.3 Å². The number of hydrogen-bond acceptors (Lipinski definition) is 2. The van der Waals surface area contributed by atoms with Crippen molar-refractivity contribution in [1.29, 1.82) is 0 Å². The lowest BCUT2D eigenvalue weighted by molar-refractivity contribution is 0.298. The highest BCUT2D eigenvalue weighted by Gasteiger charge is 2.04. The Kier molecular flexibility index (Phi) is 6.51. The zero-order valence-electron chi connectivity index (χ0n) is 11.9. The second-order valence-electron chi connectivity index (χ2n) is 5.00. The van der Waals surface area contributed by atoms with E-state index in [4.69, 9.17) is 4.74 Å². The topological polar surface area (TPSA) is 12.5 Å². The van der Waals surface area contributed by atoms with Crippen molar-refractivity contribution < 1.29 is 4.74 Å². The molecule has 1 aromatic carbocycles. The molecule has 2 heteroatoms. The summed E-state index contributed by atoms with van der Waals surface area (Å²) in [5.41, 5.74) is 1.33. The standard InChI is InChI=1S/C16H25NO/c1-5-6-14(2)11-12-17(3)13-15-7-9-16(18-4)10-8-15/h5,7-10,14H,1,6,11-13H2,2-4H3. The van der Waals surface area contributed by atoms with Crippen LogP contribution >= 0.6 is 0 Å². The number of ether oxygens (including phenoxy) is 1. The molecule has 0 amide bonds. The molecule has 0 saturated carbocycles. The van der Waals surface area contributed by atoms with E-state index in [1.54, 1.807) is 7.11 Å². The van der Waals surface area contributed by atoms with Crippen LogP contribution in [-0.2, 0) is 6.54 Å². The second kappa shape index (κ2) is 7.93. The van der Waals surface area contributed by atoms with E-state index in [2.05, 4.69) is 37.6 Å². The number of hydrogen-bond donors (Lipinski definition) is 0. The van der Waals surface area contributed by atoms with Gasteiger partial charge in [-0.1, -0.05) is 25.1 Å². The number of methoxy groups -OCH3 is 1. The smallest absolute Gasteiger partial charge is 0.118 e. The van der Waals surface area contributed by atoms with Crippen molar-refractivity contribution >= 4 is 0 Å². The van der Waals surface area contributed by atoms with E-state index >= 15 is 0 Å². The maximum absolute atomic E-state index is 5.16. The summed E-state index contributed by atoms with van der Waals surface area (Å²) in [5.74, 6) is 1.64. The molecule has 0 aliphatic rings. The van der Waals surface area contributed by atoms with Crippen molar-refractivity contribution in [3.63, 3.8) is 0 Å². The van der Waals surface area contributed by atoms with Crippen LogP contribution in [0.2, 0.25) is 0 Å². The predicted octanol–water partition coefficient (Wildman–Crippen LogP) is 3.73. The molecule has 0 N–H and O–H groups in total. The zero-order valence-corrected chi connectivity index (χ0v) is 11.9. The maximum atomic E-state index is 5.16. The van der Waals surface area contributed by atoms with Crippen LogP contribution in [-0.4, -0.2) is 25.6 Å². The summed E-state index contributed by atoms with van der Waals surface area (Å²) in [6.45, 7) is 8.18. The average Bonchev–Trinajstić information content (AvgIpc) is 2.38. The molecule has 0 heterocycles. The summed E-state index contributed by atoms with van der Waals surface area (Å²) < 4.78 is 5.16. The molecule has 1 atom stereocenters. The summed E-state index contributed by atoms with van der Waals surface area (Å²) in [5, 5.41) is 0. The second-order valence-corrected chi connectivity index (χ2v) is 5.00. The van der Waals surface area contributed by atoms with E-state index in [1.165, 1.54) is 12.0 Å². The van der Waals surface area contributed by atoms with E-state index in [9.17, 15) is 0 Å². The Labute approximate surface area is 111 Å². The molecule has 0 fully saturated rings. The van der Waals surface area contributed by atoms with Gasteiger partial charge in [-0.2, -0.15) is 0 Å². The van der Waals surface area contributed by atoms with Crippen LogP contribution in [0.4, 0.5) is 0 Å². The van der Waals surface area contributed by atoms with E-state index in [1.807, 2.05) is 18.2 Å². The van der Waals surface area contributed by atoms with E-state index in [0.29, 0.717) is 0 Å². The van der Waals surface area contributed by atoms with Gasteiger partial charge in [0.1, 0.15) is 5.75 Å². The molecular formula is C16H25NO. The third-order valence-electron chi connectivity index (χ3n) is 3.18. The first-order valence-electron chi connectivity index (χ1n) is 6.58. The average molecular weight is 247 g/mol. The molecule has 1 unspecified atom stereocenters. The van der Waals surface area contributed by atoms with Gasteiger partial charge in [0.15, 0.2) is 0 Å². The summed E-state index contributed by atoms with van der Waals surface area (Å²) in [7, 11) is 3.87. The molecule has 0 bridgehead atoms. The highest BCUT2D eigenvalue weighted by Crippen LogP contribution is 2.14. The van der Waals surface area contributed by atoms with E-state index in [-0.39, 0.29) is 0 Å².